The van der Waals surface area contributed by atoms with E-state index in [1.165, 1.54) is 4.90 Å². The van der Waals surface area contributed by atoms with Crippen LogP contribution in [0.4, 0.5) is 4.79 Å². The Balaban J connectivity index is 2.25. The lowest BCUT2D eigenvalue weighted by Gasteiger charge is -2.32. The van der Waals surface area contributed by atoms with E-state index in [0.29, 0.717) is 12.1 Å². The van der Waals surface area contributed by atoms with Crippen molar-refractivity contribution >= 4 is 11.9 Å². The molecule has 5 nitrogen and oxygen atoms in total. The van der Waals surface area contributed by atoms with Crippen molar-refractivity contribution in [1.29, 1.82) is 0 Å². The van der Waals surface area contributed by atoms with Crippen LogP contribution in [-0.4, -0.2) is 54.0 Å². The van der Waals surface area contributed by atoms with E-state index in [0.717, 1.165) is 12.8 Å². The average Bonchev–Trinajstić information content (AvgIpc) is 2.93. The molecule has 88 valence electrons. The van der Waals surface area contributed by atoms with E-state index in [4.69, 9.17) is 5.11 Å². The Morgan fingerprint density at radius 1 is 1.50 bits per heavy atom. The van der Waals surface area contributed by atoms with Gasteiger partial charge in [-0.3, -0.25) is 4.79 Å². The summed E-state index contributed by atoms with van der Waals surface area (Å²) in [6, 6.07) is 0. The Morgan fingerprint density at radius 3 is 2.56 bits per heavy atom. The molecular weight excluding hydrogens is 208 g/mol. The standard InChI is InChI=1S/C11H16N2O3/c1-12(2)5-8-6-13(10(15)16)7-11(3-4-11)9(8)14/h5H,3-4,6-7H2,1-2H3,(H,15,16)/b8-5-. The van der Waals surface area contributed by atoms with Gasteiger partial charge in [0, 0.05) is 32.4 Å². The minimum Gasteiger partial charge on any atom is -0.465 e. The van der Waals surface area contributed by atoms with Crippen LogP contribution in [0.5, 0.6) is 0 Å². The summed E-state index contributed by atoms with van der Waals surface area (Å²) in [6.45, 7) is 0.583. The van der Waals surface area contributed by atoms with Crippen molar-refractivity contribution < 1.29 is 14.7 Å². The average molecular weight is 224 g/mol. The second kappa shape index (κ2) is 3.50. The van der Waals surface area contributed by atoms with E-state index in [1.807, 2.05) is 14.1 Å². The minimum atomic E-state index is -0.941. The third kappa shape index (κ3) is 1.77. The molecule has 1 saturated heterocycles. The number of likely N-dealkylation sites (tertiary alicyclic amines) is 1. The second-order valence-electron chi connectivity index (χ2n) is 4.87. The summed E-state index contributed by atoms with van der Waals surface area (Å²) >= 11 is 0. The van der Waals surface area contributed by atoms with Gasteiger partial charge in [0.15, 0.2) is 5.78 Å². The number of carbonyl (C=O) groups excluding carboxylic acids is 1. The third-order valence-electron chi connectivity index (χ3n) is 3.17. The van der Waals surface area contributed by atoms with Crippen molar-refractivity contribution in [3.8, 4) is 0 Å². The molecule has 2 fully saturated rings. The Kier molecular flexibility index (Phi) is 2.40. The summed E-state index contributed by atoms with van der Waals surface area (Å²) in [6.07, 6.45) is 2.43. The van der Waals surface area contributed by atoms with Crippen LogP contribution < -0.4 is 0 Å². The summed E-state index contributed by atoms with van der Waals surface area (Å²) in [4.78, 5) is 26.2. The molecule has 0 aromatic heterocycles. The molecule has 1 N–H and O–H groups in total. The van der Waals surface area contributed by atoms with Gasteiger partial charge in [-0.1, -0.05) is 0 Å². The van der Waals surface area contributed by atoms with Crippen LogP contribution in [-0.2, 0) is 4.79 Å². The molecule has 1 aliphatic heterocycles. The third-order valence-corrected chi connectivity index (χ3v) is 3.17. The SMILES string of the molecule is CN(C)/C=C1/CN(C(=O)O)CC2(CC2)C1=O. The quantitative estimate of drug-likeness (QED) is 0.668. The lowest BCUT2D eigenvalue weighted by Crippen LogP contribution is -2.46. The topological polar surface area (TPSA) is 60.9 Å². The van der Waals surface area contributed by atoms with Gasteiger partial charge in [-0.15, -0.1) is 0 Å². The number of amides is 1. The van der Waals surface area contributed by atoms with Crippen LogP contribution in [0.2, 0.25) is 0 Å². The first-order valence-electron chi connectivity index (χ1n) is 5.34. The number of hydrogen-bond donors (Lipinski definition) is 1. The summed E-state index contributed by atoms with van der Waals surface area (Å²) in [7, 11) is 3.67. The van der Waals surface area contributed by atoms with E-state index in [-0.39, 0.29) is 12.3 Å². The highest BCUT2D eigenvalue weighted by atomic mass is 16.4. The highest BCUT2D eigenvalue weighted by molar-refractivity contribution is 6.03. The zero-order valence-corrected chi connectivity index (χ0v) is 9.56. The number of hydrogen-bond acceptors (Lipinski definition) is 3. The monoisotopic (exact) mass is 224 g/mol. The Morgan fingerprint density at radius 2 is 2.12 bits per heavy atom. The Labute approximate surface area is 94.3 Å². The van der Waals surface area contributed by atoms with Crippen molar-refractivity contribution in [2.75, 3.05) is 27.2 Å². The lowest BCUT2D eigenvalue weighted by atomic mass is 9.90. The van der Waals surface area contributed by atoms with Gasteiger partial charge in [0.1, 0.15) is 0 Å². The number of rotatable bonds is 1. The first-order valence-corrected chi connectivity index (χ1v) is 5.34. The van der Waals surface area contributed by atoms with E-state index >= 15 is 0 Å². The fourth-order valence-corrected chi connectivity index (χ4v) is 2.19. The van der Waals surface area contributed by atoms with Crippen LogP contribution in [0, 0.1) is 5.41 Å². The number of ketones is 1. The van der Waals surface area contributed by atoms with E-state index in [9.17, 15) is 9.59 Å². The van der Waals surface area contributed by atoms with Crippen LogP contribution in [0.3, 0.4) is 0 Å². The molecule has 1 aliphatic carbocycles. The fourth-order valence-electron chi connectivity index (χ4n) is 2.19. The van der Waals surface area contributed by atoms with E-state index in [1.54, 1.807) is 11.1 Å². The first-order chi connectivity index (χ1) is 7.44. The van der Waals surface area contributed by atoms with Gasteiger partial charge in [-0.2, -0.15) is 0 Å². The predicted molar refractivity (Wildman–Crippen MR) is 58.0 cm³/mol. The van der Waals surface area contributed by atoms with Gasteiger partial charge in [0.2, 0.25) is 0 Å². The number of carboxylic acid groups (broad SMARTS) is 1. The Bertz CT molecular complexity index is 369. The van der Waals surface area contributed by atoms with Gasteiger partial charge in [0.05, 0.1) is 12.0 Å². The molecule has 2 rings (SSSR count). The van der Waals surface area contributed by atoms with Gasteiger partial charge in [0.25, 0.3) is 0 Å². The van der Waals surface area contributed by atoms with Crippen LogP contribution in [0.1, 0.15) is 12.8 Å². The van der Waals surface area contributed by atoms with Crippen molar-refractivity contribution in [3.05, 3.63) is 11.8 Å². The highest BCUT2D eigenvalue weighted by Gasteiger charge is 2.54. The number of piperidine rings is 1. The highest BCUT2D eigenvalue weighted by Crippen LogP contribution is 2.50. The molecule has 0 atom stereocenters. The smallest absolute Gasteiger partial charge is 0.407 e. The molecular formula is C11H16N2O3. The van der Waals surface area contributed by atoms with Gasteiger partial charge >= 0.3 is 6.09 Å². The maximum atomic E-state index is 12.1. The van der Waals surface area contributed by atoms with Crippen molar-refractivity contribution in [1.82, 2.24) is 9.80 Å². The molecule has 5 heteroatoms. The van der Waals surface area contributed by atoms with E-state index < -0.39 is 11.5 Å². The van der Waals surface area contributed by atoms with Gasteiger partial charge in [-0.05, 0) is 12.8 Å². The molecule has 1 saturated carbocycles. The summed E-state index contributed by atoms with van der Waals surface area (Å²) < 4.78 is 0. The lowest BCUT2D eigenvalue weighted by molar-refractivity contribution is -0.122. The molecule has 0 unspecified atom stereocenters. The van der Waals surface area contributed by atoms with Crippen LogP contribution >= 0.6 is 0 Å². The van der Waals surface area contributed by atoms with Gasteiger partial charge in [-0.25, -0.2) is 4.79 Å². The fraction of sp³-hybridized carbons (Fsp3) is 0.636. The molecule has 16 heavy (non-hydrogen) atoms. The largest absolute Gasteiger partial charge is 0.465 e. The summed E-state index contributed by atoms with van der Waals surface area (Å²) in [5, 5.41) is 9.01. The molecule has 0 bridgehead atoms. The molecule has 0 aromatic rings. The minimum absolute atomic E-state index is 0.138. The Hall–Kier alpha value is -1.52. The molecule has 1 spiro atoms. The molecule has 0 radical (unpaired) electrons. The predicted octanol–water partition coefficient (Wildman–Crippen LogP) is 0.775. The maximum absolute atomic E-state index is 12.1. The van der Waals surface area contributed by atoms with Crippen LogP contribution in [0.15, 0.2) is 11.8 Å². The van der Waals surface area contributed by atoms with Crippen molar-refractivity contribution in [2.45, 2.75) is 12.8 Å². The zero-order chi connectivity index (χ0) is 11.9. The summed E-state index contributed by atoms with van der Waals surface area (Å²) in [5.74, 6) is 0.138. The zero-order valence-electron chi connectivity index (χ0n) is 9.56. The maximum Gasteiger partial charge on any atom is 0.407 e. The van der Waals surface area contributed by atoms with Gasteiger partial charge < -0.3 is 14.9 Å². The normalized spacial score (nSPS) is 25.0. The molecule has 2 aliphatic rings. The second-order valence-corrected chi connectivity index (χ2v) is 4.87. The van der Waals surface area contributed by atoms with Crippen molar-refractivity contribution in [2.24, 2.45) is 5.41 Å². The molecule has 1 heterocycles. The van der Waals surface area contributed by atoms with Crippen molar-refractivity contribution in [3.63, 3.8) is 0 Å². The molecule has 1 amide bonds. The van der Waals surface area contributed by atoms with E-state index in [2.05, 4.69) is 0 Å². The molecule has 0 aromatic carbocycles. The number of carbonyl (C=O) groups is 2. The number of nitrogens with zero attached hydrogens (tertiary/aromatic N) is 2. The summed E-state index contributed by atoms with van der Waals surface area (Å²) in [5.41, 5.74) is 0.217. The number of Topliss-reactive ketones (excluding diaryl/α,β-unsaturated/α-hetero) is 1. The van der Waals surface area contributed by atoms with Crippen LogP contribution in [0.25, 0.3) is 0 Å². The first kappa shape index (κ1) is 11.0.